The Labute approximate surface area is 123 Å². The van der Waals surface area contributed by atoms with E-state index in [-0.39, 0.29) is 17.8 Å². The molecule has 1 aliphatic rings. The summed E-state index contributed by atoms with van der Waals surface area (Å²) >= 11 is 0. The highest BCUT2D eigenvalue weighted by Gasteiger charge is 2.30. The summed E-state index contributed by atoms with van der Waals surface area (Å²) in [6.07, 6.45) is 1.33. The van der Waals surface area contributed by atoms with Crippen molar-refractivity contribution >= 4 is 5.91 Å². The second-order valence-corrected chi connectivity index (χ2v) is 5.62. The van der Waals surface area contributed by atoms with E-state index >= 15 is 0 Å². The van der Waals surface area contributed by atoms with E-state index in [9.17, 15) is 9.90 Å². The van der Waals surface area contributed by atoms with Crippen molar-refractivity contribution in [3.8, 4) is 11.3 Å². The molecule has 1 N–H and O–H groups in total. The van der Waals surface area contributed by atoms with Crippen LogP contribution in [0.15, 0.2) is 40.9 Å². The topological polar surface area (TPSA) is 66.6 Å². The van der Waals surface area contributed by atoms with E-state index in [2.05, 4.69) is 5.16 Å². The van der Waals surface area contributed by atoms with Gasteiger partial charge in [-0.2, -0.15) is 0 Å². The highest BCUT2D eigenvalue weighted by atomic mass is 16.5. The van der Waals surface area contributed by atoms with Crippen molar-refractivity contribution in [3.63, 3.8) is 0 Å². The number of aliphatic hydroxyl groups excluding tert-OH is 1. The second-order valence-electron chi connectivity index (χ2n) is 5.62. The largest absolute Gasteiger partial charge is 0.393 e. The molecule has 0 saturated heterocycles. The zero-order valence-corrected chi connectivity index (χ0v) is 11.9. The first kappa shape index (κ1) is 13.8. The first-order chi connectivity index (χ1) is 10.1. The fourth-order valence-electron chi connectivity index (χ4n) is 2.63. The summed E-state index contributed by atoms with van der Waals surface area (Å²) in [5.41, 5.74) is 1.58. The van der Waals surface area contributed by atoms with Crippen molar-refractivity contribution < 1.29 is 14.4 Å². The fraction of sp³-hybridized carbons (Fsp3) is 0.375. The number of aromatic nitrogens is 1. The Balaban J connectivity index is 1.66. The summed E-state index contributed by atoms with van der Waals surface area (Å²) in [6.45, 7) is 0.636. The standard InChI is InChI=1S/C16H18N2O3/c1-18(10-11-7-13(19)8-11)16(20)15-9-14(17-21-15)12-5-3-2-4-6-12/h2-6,9,11,13,19H,7-8,10H2,1H3. The molecule has 110 valence electrons. The van der Waals surface area contributed by atoms with E-state index in [1.807, 2.05) is 30.3 Å². The van der Waals surface area contributed by atoms with Gasteiger partial charge in [0, 0.05) is 25.2 Å². The number of nitrogens with zero attached hydrogens (tertiary/aromatic N) is 2. The number of benzene rings is 1. The number of hydrogen-bond acceptors (Lipinski definition) is 4. The molecule has 0 spiro atoms. The van der Waals surface area contributed by atoms with Gasteiger partial charge in [0.2, 0.25) is 5.76 Å². The van der Waals surface area contributed by atoms with Crippen LogP contribution in [0.25, 0.3) is 11.3 Å². The average Bonchev–Trinajstić information content (AvgIpc) is 2.95. The van der Waals surface area contributed by atoms with E-state index in [1.165, 1.54) is 0 Å². The Hall–Kier alpha value is -2.14. The summed E-state index contributed by atoms with van der Waals surface area (Å²) in [5, 5.41) is 13.2. The van der Waals surface area contributed by atoms with E-state index in [1.54, 1.807) is 18.0 Å². The van der Waals surface area contributed by atoms with Crippen molar-refractivity contribution in [1.82, 2.24) is 10.1 Å². The number of rotatable bonds is 4. The molecule has 5 heteroatoms. The van der Waals surface area contributed by atoms with E-state index in [0.29, 0.717) is 18.2 Å². The van der Waals surface area contributed by atoms with Gasteiger partial charge in [-0.05, 0) is 18.8 Å². The lowest BCUT2D eigenvalue weighted by atomic mass is 9.82. The van der Waals surface area contributed by atoms with E-state index in [4.69, 9.17) is 4.52 Å². The molecule has 1 amide bonds. The zero-order valence-electron chi connectivity index (χ0n) is 11.9. The SMILES string of the molecule is CN(CC1CC(O)C1)C(=O)c1cc(-c2ccccc2)no1. The van der Waals surface area contributed by atoms with Crippen LogP contribution in [0, 0.1) is 5.92 Å². The Bertz CT molecular complexity index is 617. The number of carbonyl (C=O) groups excluding carboxylic acids is 1. The molecular formula is C16H18N2O3. The second kappa shape index (κ2) is 5.69. The molecule has 0 bridgehead atoms. The van der Waals surface area contributed by atoms with Gasteiger partial charge in [0.05, 0.1) is 6.10 Å². The minimum absolute atomic E-state index is 0.175. The number of amides is 1. The van der Waals surface area contributed by atoms with Gasteiger partial charge in [-0.1, -0.05) is 35.5 Å². The van der Waals surface area contributed by atoms with Crippen LogP contribution in [0.2, 0.25) is 0 Å². The summed E-state index contributed by atoms with van der Waals surface area (Å²) in [7, 11) is 1.75. The Kier molecular flexibility index (Phi) is 3.75. The molecule has 3 rings (SSSR count). The molecule has 0 radical (unpaired) electrons. The molecule has 0 aliphatic heterocycles. The molecule has 1 heterocycles. The van der Waals surface area contributed by atoms with E-state index in [0.717, 1.165) is 18.4 Å². The van der Waals surface area contributed by atoms with Gasteiger partial charge < -0.3 is 14.5 Å². The van der Waals surface area contributed by atoms with Crippen LogP contribution in [0.3, 0.4) is 0 Å². The first-order valence-electron chi connectivity index (χ1n) is 7.09. The smallest absolute Gasteiger partial charge is 0.292 e. The quantitative estimate of drug-likeness (QED) is 0.935. The van der Waals surface area contributed by atoms with Crippen LogP contribution in [0.4, 0.5) is 0 Å². The van der Waals surface area contributed by atoms with Gasteiger partial charge in [0.15, 0.2) is 0 Å². The van der Waals surface area contributed by atoms with Crippen molar-refractivity contribution in [1.29, 1.82) is 0 Å². The van der Waals surface area contributed by atoms with Gasteiger partial charge in [0.25, 0.3) is 5.91 Å². The van der Waals surface area contributed by atoms with Gasteiger partial charge >= 0.3 is 0 Å². The molecule has 5 nitrogen and oxygen atoms in total. The van der Waals surface area contributed by atoms with Crippen LogP contribution in [-0.2, 0) is 0 Å². The molecule has 21 heavy (non-hydrogen) atoms. The van der Waals surface area contributed by atoms with Crippen LogP contribution in [-0.4, -0.2) is 40.8 Å². The van der Waals surface area contributed by atoms with Gasteiger partial charge in [-0.15, -0.1) is 0 Å². The minimum atomic E-state index is -0.200. The molecular weight excluding hydrogens is 268 g/mol. The van der Waals surface area contributed by atoms with Gasteiger partial charge in [-0.3, -0.25) is 4.79 Å². The summed E-state index contributed by atoms with van der Waals surface area (Å²) in [6, 6.07) is 11.3. The monoisotopic (exact) mass is 286 g/mol. The van der Waals surface area contributed by atoms with Crippen LogP contribution >= 0.6 is 0 Å². The maximum absolute atomic E-state index is 12.3. The zero-order chi connectivity index (χ0) is 14.8. The molecule has 0 atom stereocenters. The summed E-state index contributed by atoms with van der Waals surface area (Å²) < 4.78 is 5.17. The maximum atomic E-state index is 12.3. The molecule has 2 aromatic rings. The highest BCUT2D eigenvalue weighted by molar-refractivity contribution is 5.92. The minimum Gasteiger partial charge on any atom is -0.393 e. The molecule has 1 saturated carbocycles. The normalized spacial score (nSPS) is 20.9. The lowest BCUT2D eigenvalue weighted by molar-refractivity contribution is 0.0256. The lowest BCUT2D eigenvalue weighted by Crippen LogP contribution is -2.39. The fourth-order valence-corrected chi connectivity index (χ4v) is 2.63. The Morgan fingerprint density at radius 2 is 2.10 bits per heavy atom. The third kappa shape index (κ3) is 2.97. The lowest BCUT2D eigenvalue weighted by Gasteiger charge is -2.34. The Morgan fingerprint density at radius 1 is 1.38 bits per heavy atom. The maximum Gasteiger partial charge on any atom is 0.292 e. The molecule has 1 fully saturated rings. The van der Waals surface area contributed by atoms with Crippen molar-refractivity contribution in [2.24, 2.45) is 5.92 Å². The van der Waals surface area contributed by atoms with Crippen LogP contribution < -0.4 is 0 Å². The van der Waals surface area contributed by atoms with Crippen molar-refractivity contribution in [2.75, 3.05) is 13.6 Å². The molecule has 1 aromatic heterocycles. The summed E-state index contributed by atoms with van der Waals surface area (Å²) in [4.78, 5) is 13.9. The highest BCUT2D eigenvalue weighted by Crippen LogP contribution is 2.28. The number of hydrogen-bond donors (Lipinski definition) is 1. The number of carbonyl (C=O) groups is 1. The average molecular weight is 286 g/mol. The molecule has 0 unspecified atom stereocenters. The predicted octanol–water partition coefficient (Wildman–Crippen LogP) is 2.18. The van der Waals surface area contributed by atoms with Gasteiger partial charge in [0.1, 0.15) is 5.69 Å². The van der Waals surface area contributed by atoms with Gasteiger partial charge in [-0.25, -0.2) is 0 Å². The number of aliphatic hydroxyl groups is 1. The third-order valence-corrected chi connectivity index (χ3v) is 3.88. The molecule has 1 aliphatic carbocycles. The van der Waals surface area contributed by atoms with Crippen molar-refractivity contribution in [2.45, 2.75) is 18.9 Å². The first-order valence-corrected chi connectivity index (χ1v) is 7.09. The molecule has 1 aromatic carbocycles. The van der Waals surface area contributed by atoms with Crippen molar-refractivity contribution in [3.05, 3.63) is 42.2 Å². The van der Waals surface area contributed by atoms with Crippen LogP contribution in [0.1, 0.15) is 23.4 Å². The van der Waals surface area contributed by atoms with Crippen LogP contribution in [0.5, 0.6) is 0 Å². The Morgan fingerprint density at radius 3 is 2.76 bits per heavy atom. The third-order valence-electron chi connectivity index (χ3n) is 3.88. The van der Waals surface area contributed by atoms with E-state index < -0.39 is 0 Å². The summed E-state index contributed by atoms with van der Waals surface area (Å²) in [5.74, 6) is 0.452. The predicted molar refractivity (Wildman–Crippen MR) is 77.6 cm³/mol.